The lowest BCUT2D eigenvalue weighted by Gasteiger charge is -2.25. The highest BCUT2D eigenvalue weighted by Gasteiger charge is 2.26. The van der Waals surface area contributed by atoms with Crippen LogP contribution in [0.15, 0.2) is 53.5 Å². The molecule has 0 spiro atoms. The largest absolute Gasteiger partial charge is 0.495 e. The third kappa shape index (κ3) is 7.04. The van der Waals surface area contributed by atoms with Gasteiger partial charge in [0.25, 0.3) is 11.5 Å². The van der Waals surface area contributed by atoms with Crippen LogP contribution >= 0.6 is 11.6 Å². The number of benzene rings is 2. The first-order valence-electron chi connectivity index (χ1n) is 13.3. The van der Waals surface area contributed by atoms with Crippen molar-refractivity contribution in [1.82, 2.24) is 9.88 Å². The minimum Gasteiger partial charge on any atom is -0.495 e. The summed E-state index contributed by atoms with van der Waals surface area (Å²) in [5.41, 5.74) is 2.26. The maximum atomic E-state index is 13.7. The molecule has 2 heterocycles. The van der Waals surface area contributed by atoms with Crippen LogP contribution in [0.2, 0.25) is 5.02 Å². The number of nitrogens with one attached hydrogen (secondary N) is 2. The molecule has 1 atom stereocenters. The first-order chi connectivity index (χ1) is 19.4. The third-order valence-corrected chi connectivity index (χ3v) is 7.01. The molecular formula is C31H34ClN3O6. The minimum absolute atomic E-state index is 0.146. The molecule has 41 heavy (non-hydrogen) atoms. The number of methoxy groups -OCH3 is 1. The number of halogens is 1. The van der Waals surface area contributed by atoms with Crippen molar-refractivity contribution < 1.29 is 23.9 Å². The zero-order valence-electron chi connectivity index (χ0n) is 23.8. The highest BCUT2D eigenvalue weighted by atomic mass is 35.5. The topological polar surface area (TPSA) is 116 Å². The molecule has 0 saturated carbocycles. The van der Waals surface area contributed by atoms with Crippen LogP contribution in [-0.2, 0) is 16.0 Å². The van der Waals surface area contributed by atoms with Crippen LogP contribution in [0.3, 0.4) is 0 Å². The molecule has 3 aromatic rings. The molecule has 1 aliphatic rings. The van der Waals surface area contributed by atoms with Gasteiger partial charge < -0.3 is 20.1 Å². The highest BCUT2D eigenvalue weighted by Crippen LogP contribution is 2.34. The van der Waals surface area contributed by atoms with Crippen molar-refractivity contribution in [3.8, 4) is 16.9 Å². The summed E-state index contributed by atoms with van der Waals surface area (Å²) in [6.07, 6.45) is 2.33. The van der Waals surface area contributed by atoms with Crippen molar-refractivity contribution in [3.05, 3.63) is 80.7 Å². The number of ether oxygens (including phenoxy) is 2. The number of fused-ring (bicyclic) bond motifs is 1. The van der Waals surface area contributed by atoms with Crippen molar-refractivity contribution in [2.45, 2.75) is 52.2 Å². The first-order valence-corrected chi connectivity index (χ1v) is 13.7. The lowest BCUT2D eigenvalue weighted by Crippen LogP contribution is -2.35. The maximum absolute atomic E-state index is 13.7. The number of pyridine rings is 1. The molecule has 0 fully saturated rings. The van der Waals surface area contributed by atoms with E-state index < -0.39 is 23.1 Å². The molecule has 1 aliphatic heterocycles. The van der Waals surface area contributed by atoms with Crippen molar-refractivity contribution in [3.63, 3.8) is 0 Å². The quantitative estimate of drug-likeness (QED) is 0.343. The van der Waals surface area contributed by atoms with E-state index in [1.54, 1.807) is 36.4 Å². The SMILES string of the molecule is COc1cn(C(CCOC(C)(C)C)C(=O)Nc2ccc3c(c2)CCNC3=O)c(=O)cc1-c1cc(Cl)ccc1C(C)=O. The van der Waals surface area contributed by atoms with E-state index in [1.165, 1.54) is 30.9 Å². The fraction of sp³-hybridized carbons (Fsp3) is 0.355. The molecule has 2 N–H and O–H groups in total. The summed E-state index contributed by atoms with van der Waals surface area (Å²) in [4.78, 5) is 51.7. The van der Waals surface area contributed by atoms with Gasteiger partial charge in [0, 0.05) is 53.0 Å². The number of amides is 2. The van der Waals surface area contributed by atoms with E-state index in [0.717, 1.165) is 5.56 Å². The molecule has 0 bridgehead atoms. The third-order valence-electron chi connectivity index (χ3n) is 6.78. The summed E-state index contributed by atoms with van der Waals surface area (Å²) in [5.74, 6) is -0.467. The lowest BCUT2D eigenvalue weighted by molar-refractivity contribution is -0.120. The Morgan fingerprint density at radius 1 is 1.07 bits per heavy atom. The molecular weight excluding hydrogens is 546 g/mol. The second kappa shape index (κ2) is 12.3. The Morgan fingerprint density at radius 3 is 2.51 bits per heavy atom. The van der Waals surface area contributed by atoms with Gasteiger partial charge in [0.1, 0.15) is 11.8 Å². The van der Waals surface area contributed by atoms with Gasteiger partial charge in [0.2, 0.25) is 5.91 Å². The fourth-order valence-electron chi connectivity index (χ4n) is 4.80. The van der Waals surface area contributed by atoms with E-state index in [-0.39, 0.29) is 24.7 Å². The summed E-state index contributed by atoms with van der Waals surface area (Å²) in [7, 11) is 1.45. The Labute approximate surface area is 243 Å². The number of aromatic nitrogens is 1. The van der Waals surface area contributed by atoms with Gasteiger partial charge in [-0.3, -0.25) is 23.7 Å². The van der Waals surface area contributed by atoms with Gasteiger partial charge in [-0.2, -0.15) is 0 Å². The van der Waals surface area contributed by atoms with Crippen LogP contribution in [-0.4, -0.2) is 48.0 Å². The summed E-state index contributed by atoms with van der Waals surface area (Å²) in [6, 6.07) is 10.4. The molecule has 10 heteroatoms. The standard InChI is InChI=1S/C31H34ClN3O6/c1-18(36)22-8-6-20(32)15-24(22)25-16-28(37)35(17-27(25)40-5)26(11-13-41-31(2,3)4)30(39)34-21-7-9-23-19(14-21)10-12-33-29(23)38/h6-9,14-17,26H,10-13H2,1-5H3,(H,33,38)(H,34,39). The molecule has 0 aliphatic carbocycles. The zero-order valence-corrected chi connectivity index (χ0v) is 24.6. The van der Waals surface area contributed by atoms with Crippen molar-refractivity contribution >= 4 is 34.9 Å². The van der Waals surface area contributed by atoms with E-state index in [9.17, 15) is 19.2 Å². The molecule has 216 valence electrons. The monoisotopic (exact) mass is 579 g/mol. The predicted octanol–water partition coefficient (Wildman–Crippen LogP) is 5.05. The lowest BCUT2D eigenvalue weighted by atomic mass is 9.97. The van der Waals surface area contributed by atoms with Gasteiger partial charge in [-0.25, -0.2) is 0 Å². The number of carbonyl (C=O) groups excluding carboxylic acids is 3. The summed E-state index contributed by atoms with van der Waals surface area (Å²) in [6.45, 7) is 7.90. The molecule has 4 rings (SSSR count). The van der Waals surface area contributed by atoms with Gasteiger partial charge in [-0.15, -0.1) is 0 Å². The van der Waals surface area contributed by atoms with Gasteiger partial charge >= 0.3 is 0 Å². The molecule has 1 aromatic heterocycles. The molecule has 0 saturated heterocycles. The van der Waals surface area contributed by atoms with Crippen LogP contribution in [0.25, 0.3) is 11.1 Å². The summed E-state index contributed by atoms with van der Waals surface area (Å²) in [5, 5.41) is 6.11. The maximum Gasteiger partial charge on any atom is 0.252 e. The van der Waals surface area contributed by atoms with Crippen molar-refractivity contribution in [2.24, 2.45) is 0 Å². The summed E-state index contributed by atoms with van der Waals surface area (Å²) < 4.78 is 12.8. The number of hydrogen-bond donors (Lipinski definition) is 2. The number of anilines is 1. The molecule has 2 amide bonds. The van der Waals surface area contributed by atoms with Crippen LogP contribution in [0, 0.1) is 0 Å². The highest BCUT2D eigenvalue weighted by molar-refractivity contribution is 6.31. The normalized spacial score (nSPS) is 13.7. The molecule has 9 nitrogen and oxygen atoms in total. The average Bonchev–Trinajstić information content (AvgIpc) is 2.90. The van der Waals surface area contributed by atoms with E-state index in [4.69, 9.17) is 21.1 Å². The fourth-order valence-corrected chi connectivity index (χ4v) is 4.97. The Balaban J connectivity index is 1.73. The molecule has 2 aromatic carbocycles. The van der Waals surface area contributed by atoms with Crippen LogP contribution < -0.4 is 20.9 Å². The molecule has 1 unspecified atom stereocenters. The van der Waals surface area contributed by atoms with Gasteiger partial charge in [-0.05, 0) is 81.6 Å². The number of ketones is 1. The van der Waals surface area contributed by atoms with Gasteiger partial charge in [0.15, 0.2) is 5.78 Å². The number of nitrogens with zero attached hydrogens (tertiary/aromatic N) is 1. The Kier molecular flexibility index (Phi) is 8.99. The van der Waals surface area contributed by atoms with E-state index in [1.807, 2.05) is 20.8 Å². The number of hydrogen-bond acceptors (Lipinski definition) is 6. The Bertz CT molecular complexity index is 1560. The van der Waals surface area contributed by atoms with E-state index >= 15 is 0 Å². The van der Waals surface area contributed by atoms with Crippen LogP contribution in [0.1, 0.15) is 66.4 Å². The van der Waals surface area contributed by atoms with Crippen molar-refractivity contribution in [1.29, 1.82) is 0 Å². The first kappa shape index (κ1) is 30.0. The predicted molar refractivity (Wildman–Crippen MR) is 158 cm³/mol. The minimum atomic E-state index is -0.946. The Hall–Kier alpha value is -3.95. The van der Waals surface area contributed by atoms with Gasteiger partial charge in [0.05, 0.1) is 18.9 Å². The smallest absolute Gasteiger partial charge is 0.252 e. The second-order valence-electron chi connectivity index (χ2n) is 10.9. The average molecular weight is 580 g/mol. The molecule has 0 radical (unpaired) electrons. The zero-order chi connectivity index (χ0) is 29.9. The summed E-state index contributed by atoms with van der Waals surface area (Å²) >= 11 is 6.23. The number of carbonyl (C=O) groups is 3. The van der Waals surface area contributed by atoms with Crippen LogP contribution in [0.5, 0.6) is 5.75 Å². The van der Waals surface area contributed by atoms with Gasteiger partial charge in [-0.1, -0.05) is 11.6 Å². The van der Waals surface area contributed by atoms with Crippen molar-refractivity contribution in [2.75, 3.05) is 25.6 Å². The number of rotatable bonds is 9. The van der Waals surface area contributed by atoms with E-state index in [2.05, 4.69) is 10.6 Å². The second-order valence-corrected chi connectivity index (χ2v) is 11.3. The van der Waals surface area contributed by atoms with E-state index in [0.29, 0.717) is 51.7 Å². The Morgan fingerprint density at radius 2 is 1.83 bits per heavy atom. The number of Topliss-reactive ketones (excluding diaryl/α,β-unsaturated/α-hetero) is 1. The van der Waals surface area contributed by atoms with Crippen LogP contribution in [0.4, 0.5) is 5.69 Å².